The zero-order chi connectivity index (χ0) is 29.2. The molecule has 0 amide bonds. The molecule has 0 aromatic rings. The molecule has 0 rings (SSSR count). The summed E-state index contributed by atoms with van der Waals surface area (Å²) in [5.41, 5.74) is 0. The van der Waals surface area contributed by atoms with Gasteiger partial charge in [-0.2, -0.15) is 0 Å². The van der Waals surface area contributed by atoms with Gasteiger partial charge < -0.3 is 14.7 Å². The monoisotopic (exact) mass is 671 g/mol. The molecule has 6 unspecified atom stereocenters. The molecule has 0 saturated carbocycles. The molecule has 6 atom stereocenters. The van der Waals surface area contributed by atoms with Crippen LogP contribution in [0.2, 0.25) is 0 Å². The van der Waals surface area contributed by atoms with Crippen LogP contribution in [0.25, 0.3) is 0 Å². The summed E-state index contributed by atoms with van der Waals surface area (Å²) in [6.07, 6.45) is 6.70. The van der Waals surface area contributed by atoms with E-state index in [1.54, 1.807) is 0 Å². The molecule has 0 aliphatic rings. The summed E-state index contributed by atoms with van der Waals surface area (Å²) < 4.78 is 2.16. The third-order valence-corrected chi connectivity index (χ3v) is 8.38. The van der Waals surface area contributed by atoms with E-state index in [0.29, 0.717) is 36.3 Å². The van der Waals surface area contributed by atoms with E-state index >= 15 is 0 Å². The maximum Gasteiger partial charge on any atom is 3.00 e. The Morgan fingerprint density at radius 3 is 0.595 bits per heavy atom. The van der Waals surface area contributed by atoms with Gasteiger partial charge in [0.15, 0.2) is 0 Å². The fraction of sp³-hybridized carbons (Fsp3) is 0.889. The minimum absolute atomic E-state index is 0. The number of thiol groups is 3. The third kappa shape index (κ3) is 19.1. The Morgan fingerprint density at radius 1 is 0.432 bits per heavy atom. The van der Waals surface area contributed by atoms with E-state index < -0.39 is 0 Å². The molecule has 221 valence electrons. The van der Waals surface area contributed by atoms with Gasteiger partial charge in [0.25, 0.3) is 0 Å². The third-order valence-electron chi connectivity index (χ3n) is 7.06. The molecule has 0 bridgehead atoms. The molecule has 0 aliphatic carbocycles. The van der Waals surface area contributed by atoms with Crippen molar-refractivity contribution in [2.45, 2.75) is 158 Å². The van der Waals surface area contributed by atoms with Crippen LogP contribution in [0.15, 0.2) is 0 Å². The van der Waals surface area contributed by atoms with Crippen molar-refractivity contribution < 1.29 is 17.1 Å². The number of nitrogens with zero attached hydrogens (tertiary/aromatic N) is 3. The van der Waals surface area contributed by atoms with Crippen LogP contribution in [0, 0.1) is 0 Å². The summed E-state index contributed by atoms with van der Waals surface area (Å²) in [6.45, 7) is 26.2. The van der Waals surface area contributed by atoms with Crippen LogP contribution in [0.4, 0.5) is 0 Å². The summed E-state index contributed by atoms with van der Waals surface area (Å²) in [7, 11) is 0. The van der Waals surface area contributed by atoms with Crippen LogP contribution >= 0.6 is 74.5 Å². The fourth-order valence-electron chi connectivity index (χ4n) is 3.61. The topological polar surface area (TPSA) is 9.72 Å². The van der Waals surface area contributed by atoms with Gasteiger partial charge in [-0.3, -0.25) is 0 Å². The minimum atomic E-state index is 0. The van der Waals surface area contributed by atoms with Gasteiger partial charge in [0.2, 0.25) is 0 Å². The fourth-order valence-corrected chi connectivity index (χ4v) is 5.88. The summed E-state index contributed by atoms with van der Waals surface area (Å²) in [4.78, 5) is 6.62. The molecule has 0 N–H and O–H groups in total. The quantitative estimate of drug-likeness (QED) is 0.108. The van der Waals surface area contributed by atoms with Gasteiger partial charge in [-0.05, 0) is 80.1 Å². The maximum absolute atomic E-state index is 5.09. The number of rotatable bonds is 12. The SMILES string of the molecule is CCC(C)N(C(=S)S)C(C)CC.CCC(C)N(C(=S)S)C(C)CC.CCC(C)N(C(=S)S)C(C)CC.[Fe+3]. The molecule has 0 heterocycles. The number of thiocarbonyl (C=S) groups is 3. The Hall–Kier alpha value is 1.24. The normalized spacial score (nSPS) is 15.0. The first-order valence-electron chi connectivity index (χ1n) is 13.7. The molecule has 0 spiro atoms. The summed E-state index contributed by atoms with van der Waals surface area (Å²) in [5, 5.41) is 0. The largest absolute Gasteiger partial charge is 3.00 e. The number of hydrogen-bond acceptors (Lipinski definition) is 3. The van der Waals surface area contributed by atoms with Crippen molar-refractivity contribution in [3.8, 4) is 0 Å². The van der Waals surface area contributed by atoms with Crippen molar-refractivity contribution in [1.82, 2.24) is 14.7 Å². The second kappa shape index (κ2) is 26.2. The Bertz CT molecular complexity index is 500. The van der Waals surface area contributed by atoms with Crippen molar-refractivity contribution >= 4 is 87.5 Å². The summed E-state index contributed by atoms with van der Waals surface area (Å²) >= 11 is 28.0. The van der Waals surface area contributed by atoms with Crippen LogP contribution in [-0.2, 0) is 17.1 Å². The van der Waals surface area contributed by atoms with Gasteiger partial charge in [-0.15, -0.1) is 37.9 Å². The Kier molecular flexibility index (Phi) is 32.0. The smallest absolute Gasteiger partial charge is 0.352 e. The van der Waals surface area contributed by atoms with E-state index in [2.05, 4.69) is 136 Å². The van der Waals surface area contributed by atoms with Crippen molar-refractivity contribution in [3.63, 3.8) is 0 Å². The minimum Gasteiger partial charge on any atom is -0.352 e. The number of hydrogen-bond donors (Lipinski definition) is 3. The van der Waals surface area contributed by atoms with Crippen molar-refractivity contribution in [3.05, 3.63) is 0 Å². The van der Waals surface area contributed by atoms with Crippen LogP contribution < -0.4 is 0 Å². The molecule has 0 aliphatic heterocycles. The zero-order valence-corrected chi connectivity index (χ0v) is 31.7. The van der Waals surface area contributed by atoms with Gasteiger partial charge >= 0.3 is 17.1 Å². The standard InChI is InChI=1S/3C9H19NS2.Fe/c3*1-5-7(3)10(9(11)12)8(4)6-2;/h3*7-8H,5-6H2,1-4H3,(H,11,12);/q;;;+3. The van der Waals surface area contributed by atoms with Gasteiger partial charge in [0, 0.05) is 36.3 Å². The molecule has 10 heteroatoms. The van der Waals surface area contributed by atoms with Crippen LogP contribution in [0.3, 0.4) is 0 Å². The van der Waals surface area contributed by atoms with Crippen LogP contribution in [0.1, 0.15) is 122 Å². The molecular weight excluding hydrogens is 615 g/mol. The molecule has 37 heavy (non-hydrogen) atoms. The molecule has 0 aromatic heterocycles. The van der Waals surface area contributed by atoms with Crippen molar-refractivity contribution in [2.75, 3.05) is 0 Å². The van der Waals surface area contributed by atoms with Crippen molar-refractivity contribution in [2.24, 2.45) is 0 Å². The first-order valence-corrected chi connectivity index (χ1v) is 16.2. The van der Waals surface area contributed by atoms with Gasteiger partial charge in [0.1, 0.15) is 13.0 Å². The van der Waals surface area contributed by atoms with E-state index in [1.165, 1.54) is 0 Å². The van der Waals surface area contributed by atoms with E-state index in [4.69, 9.17) is 36.7 Å². The Balaban J connectivity index is -0.000000218. The summed E-state index contributed by atoms with van der Waals surface area (Å²) in [5.74, 6) is 0. The maximum atomic E-state index is 5.09. The Morgan fingerprint density at radius 2 is 0.541 bits per heavy atom. The zero-order valence-electron chi connectivity index (χ0n) is 25.5. The van der Waals surface area contributed by atoms with Crippen LogP contribution in [0.5, 0.6) is 0 Å². The van der Waals surface area contributed by atoms with E-state index in [9.17, 15) is 0 Å². The van der Waals surface area contributed by atoms with E-state index in [1.807, 2.05) is 0 Å². The van der Waals surface area contributed by atoms with E-state index in [0.717, 1.165) is 51.5 Å². The van der Waals surface area contributed by atoms with Gasteiger partial charge in [-0.25, -0.2) is 0 Å². The molecule has 0 aromatic carbocycles. The second-order valence-corrected chi connectivity index (χ2v) is 13.0. The van der Waals surface area contributed by atoms with Gasteiger partial charge in [0.05, 0.1) is 0 Å². The average molecular weight is 672 g/mol. The van der Waals surface area contributed by atoms with Crippen LogP contribution in [-0.4, -0.2) is 63.9 Å². The molecule has 1 radical (unpaired) electrons. The first kappa shape index (κ1) is 45.2. The predicted molar refractivity (Wildman–Crippen MR) is 189 cm³/mol. The molecular formula is C27H57FeN3S6+3. The van der Waals surface area contributed by atoms with Gasteiger partial charge in [-0.1, -0.05) is 78.2 Å². The molecule has 0 saturated heterocycles. The predicted octanol–water partition coefficient (Wildman–Crippen LogP) is 9.30. The molecule has 0 fully saturated rings. The Labute approximate surface area is 275 Å². The summed E-state index contributed by atoms with van der Waals surface area (Å²) in [6, 6.07) is 3.03. The first-order chi connectivity index (χ1) is 16.6. The average Bonchev–Trinajstić information content (AvgIpc) is 2.83. The van der Waals surface area contributed by atoms with E-state index in [-0.39, 0.29) is 17.1 Å². The molecule has 3 nitrogen and oxygen atoms in total. The van der Waals surface area contributed by atoms with Crippen molar-refractivity contribution in [1.29, 1.82) is 0 Å². The second-order valence-electron chi connectivity index (χ2n) is 9.61.